The van der Waals surface area contributed by atoms with Crippen LogP contribution in [0.1, 0.15) is 39.3 Å². The van der Waals surface area contributed by atoms with Crippen molar-refractivity contribution in [3.05, 3.63) is 36.2 Å². The van der Waals surface area contributed by atoms with E-state index in [1.54, 1.807) is 0 Å². The summed E-state index contributed by atoms with van der Waals surface area (Å²) in [5.41, 5.74) is 0. The number of nitrogens with one attached hydrogen (secondary N) is 2. The predicted molar refractivity (Wildman–Crippen MR) is 110 cm³/mol. The van der Waals surface area contributed by atoms with Crippen LogP contribution in [0.2, 0.25) is 0 Å². The largest absolute Gasteiger partial charge is 0.309 e. The van der Waals surface area contributed by atoms with Crippen molar-refractivity contribution in [2.24, 2.45) is 0 Å². The van der Waals surface area contributed by atoms with Crippen LogP contribution in [0.5, 0.6) is 0 Å². The molecule has 0 saturated carbocycles. The second-order valence-corrected chi connectivity index (χ2v) is 8.73. The standard InChI is InChI=1S/C20H34N8/c1-15-9-25(10-16(2)21-15)13-19-23-24-20(28(19)27-7-5-6-8-27)14-26-11-17(3)22-18(4)12-26/h5-8,15-18,21-22H,9-14H2,1-4H3/t15-,16+,17-,18+. The molecule has 28 heavy (non-hydrogen) atoms. The minimum Gasteiger partial charge on any atom is -0.309 e. The highest BCUT2D eigenvalue weighted by atomic mass is 15.5. The summed E-state index contributed by atoms with van der Waals surface area (Å²) in [4.78, 5) is 4.96. The molecule has 0 aromatic carbocycles. The third-order valence-corrected chi connectivity index (χ3v) is 5.59. The number of hydrogen-bond donors (Lipinski definition) is 2. The lowest BCUT2D eigenvalue weighted by Gasteiger charge is -2.36. The molecule has 0 bridgehead atoms. The van der Waals surface area contributed by atoms with Crippen LogP contribution < -0.4 is 10.6 Å². The van der Waals surface area contributed by atoms with Crippen LogP contribution in [-0.2, 0) is 13.1 Å². The molecule has 154 valence electrons. The number of nitrogens with zero attached hydrogens (tertiary/aromatic N) is 6. The van der Waals surface area contributed by atoms with Crippen molar-refractivity contribution in [3.63, 3.8) is 0 Å². The summed E-state index contributed by atoms with van der Waals surface area (Å²) in [6.07, 6.45) is 4.14. The second-order valence-electron chi connectivity index (χ2n) is 8.73. The van der Waals surface area contributed by atoms with Crippen LogP contribution in [0, 0.1) is 0 Å². The third kappa shape index (κ3) is 4.46. The molecule has 2 aromatic rings. The van der Waals surface area contributed by atoms with E-state index < -0.39 is 0 Å². The Morgan fingerprint density at radius 2 is 1.14 bits per heavy atom. The first-order valence-electron chi connectivity index (χ1n) is 10.5. The molecule has 4 atom stereocenters. The summed E-state index contributed by atoms with van der Waals surface area (Å²) in [6.45, 7) is 14.8. The van der Waals surface area contributed by atoms with Gasteiger partial charge in [0.1, 0.15) is 0 Å². The first-order valence-corrected chi connectivity index (χ1v) is 10.5. The van der Waals surface area contributed by atoms with Gasteiger partial charge < -0.3 is 10.6 Å². The van der Waals surface area contributed by atoms with Crippen LogP contribution in [0.3, 0.4) is 0 Å². The summed E-state index contributed by atoms with van der Waals surface area (Å²) in [7, 11) is 0. The molecule has 4 heterocycles. The van der Waals surface area contributed by atoms with Gasteiger partial charge in [-0.2, -0.15) is 0 Å². The molecule has 4 rings (SSSR count). The second kappa shape index (κ2) is 8.32. The zero-order chi connectivity index (χ0) is 19.7. The van der Waals surface area contributed by atoms with Gasteiger partial charge in [0.25, 0.3) is 0 Å². The summed E-state index contributed by atoms with van der Waals surface area (Å²) < 4.78 is 4.30. The molecular formula is C20H34N8. The van der Waals surface area contributed by atoms with Crippen molar-refractivity contribution in [1.29, 1.82) is 0 Å². The average molecular weight is 387 g/mol. The normalized spacial score (nSPS) is 30.0. The molecule has 0 spiro atoms. The van der Waals surface area contributed by atoms with E-state index in [2.05, 4.69) is 92.2 Å². The van der Waals surface area contributed by atoms with Gasteiger partial charge in [-0.15, -0.1) is 10.2 Å². The molecule has 2 aliphatic rings. The van der Waals surface area contributed by atoms with Gasteiger partial charge in [0.05, 0.1) is 13.1 Å². The lowest BCUT2D eigenvalue weighted by molar-refractivity contribution is 0.156. The molecule has 2 aliphatic heterocycles. The summed E-state index contributed by atoms with van der Waals surface area (Å²) in [5.74, 6) is 2.01. The Hall–Kier alpha value is -1.74. The van der Waals surface area contributed by atoms with Gasteiger partial charge in [0.15, 0.2) is 11.6 Å². The number of piperazine rings is 2. The predicted octanol–water partition coefficient (Wildman–Crippen LogP) is 0.755. The lowest BCUT2D eigenvalue weighted by atomic mass is 10.1. The first-order chi connectivity index (χ1) is 13.5. The SMILES string of the molecule is C[C@@H]1CN(Cc2nnc(CN3C[C@@H](C)N[C@@H](C)C3)n2-n2cccc2)C[C@H](C)N1. The van der Waals surface area contributed by atoms with Crippen molar-refractivity contribution in [1.82, 2.24) is 40.0 Å². The summed E-state index contributed by atoms with van der Waals surface area (Å²) >= 11 is 0. The van der Waals surface area contributed by atoms with Crippen molar-refractivity contribution in [2.75, 3.05) is 26.2 Å². The molecule has 8 heteroatoms. The van der Waals surface area contributed by atoms with Crippen LogP contribution >= 0.6 is 0 Å². The molecule has 0 unspecified atom stereocenters. The Morgan fingerprint density at radius 1 is 0.750 bits per heavy atom. The van der Waals surface area contributed by atoms with Gasteiger partial charge in [-0.25, -0.2) is 4.68 Å². The van der Waals surface area contributed by atoms with E-state index in [1.807, 2.05) is 0 Å². The topological polar surface area (TPSA) is 66.2 Å². The number of rotatable bonds is 5. The van der Waals surface area contributed by atoms with Crippen molar-refractivity contribution >= 4 is 0 Å². The minimum absolute atomic E-state index is 0.495. The van der Waals surface area contributed by atoms with Crippen molar-refractivity contribution in [2.45, 2.75) is 65.0 Å². The molecule has 0 aliphatic carbocycles. The molecular weight excluding hydrogens is 352 g/mol. The van der Waals surface area contributed by atoms with Gasteiger partial charge in [-0.1, -0.05) is 0 Å². The maximum absolute atomic E-state index is 4.61. The Bertz CT molecular complexity index is 689. The minimum atomic E-state index is 0.495. The zero-order valence-electron chi connectivity index (χ0n) is 17.5. The third-order valence-electron chi connectivity index (χ3n) is 5.59. The van der Waals surface area contributed by atoms with E-state index in [-0.39, 0.29) is 0 Å². The fraction of sp³-hybridized carbons (Fsp3) is 0.700. The van der Waals surface area contributed by atoms with Gasteiger partial charge in [-0.3, -0.25) is 14.5 Å². The van der Waals surface area contributed by atoms with E-state index in [0.29, 0.717) is 24.2 Å². The number of aromatic nitrogens is 4. The fourth-order valence-electron chi connectivity index (χ4n) is 4.81. The van der Waals surface area contributed by atoms with Crippen LogP contribution in [0.4, 0.5) is 0 Å². The summed E-state index contributed by atoms with van der Waals surface area (Å²) in [6, 6.07) is 6.09. The average Bonchev–Trinajstić information content (AvgIpc) is 3.23. The van der Waals surface area contributed by atoms with E-state index in [0.717, 1.165) is 50.9 Å². The maximum atomic E-state index is 4.61. The van der Waals surface area contributed by atoms with Gasteiger partial charge in [0, 0.05) is 62.7 Å². The highest BCUT2D eigenvalue weighted by Crippen LogP contribution is 2.14. The van der Waals surface area contributed by atoms with E-state index in [9.17, 15) is 0 Å². The lowest BCUT2D eigenvalue weighted by Crippen LogP contribution is -2.54. The van der Waals surface area contributed by atoms with E-state index in [4.69, 9.17) is 0 Å². The Morgan fingerprint density at radius 3 is 1.54 bits per heavy atom. The number of hydrogen-bond acceptors (Lipinski definition) is 6. The smallest absolute Gasteiger partial charge is 0.167 e. The molecule has 0 amide bonds. The fourth-order valence-corrected chi connectivity index (χ4v) is 4.81. The summed E-state index contributed by atoms with van der Waals surface area (Å²) in [5, 5.41) is 16.4. The molecule has 0 radical (unpaired) electrons. The van der Waals surface area contributed by atoms with Gasteiger partial charge >= 0.3 is 0 Å². The molecule has 2 N–H and O–H groups in total. The highest BCUT2D eigenvalue weighted by Gasteiger charge is 2.26. The van der Waals surface area contributed by atoms with Crippen LogP contribution in [0.25, 0.3) is 0 Å². The molecule has 8 nitrogen and oxygen atoms in total. The van der Waals surface area contributed by atoms with Crippen LogP contribution in [0.15, 0.2) is 24.5 Å². The molecule has 2 aromatic heterocycles. The van der Waals surface area contributed by atoms with Gasteiger partial charge in [0.2, 0.25) is 0 Å². The van der Waals surface area contributed by atoms with Crippen molar-refractivity contribution in [3.8, 4) is 0 Å². The maximum Gasteiger partial charge on any atom is 0.167 e. The Labute approximate surface area is 167 Å². The Balaban J connectivity index is 1.56. The monoisotopic (exact) mass is 386 g/mol. The quantitative estimate of drug-likeness (QED) is 0.791. The zero-order valence-corrected chi connectivity index (χ0v) is 17.5. The molecule has 2 saturated heterocycles. The highest BCUT2D eigenvalue weighted by molar-refractivity contribution is 5.03. The van der Waals surface area contributed by atoms with E-state index in [1.165, 1.54) is 0 Å². The van der Waals surface area contributed by atoms with Gasteiger partial charge in [-0.05, 0) is 39.8 Å². The van der Waals surface area contributed by atoms with E-state index >= 15 is 0 Å². The first kappa shape index (κ1) is 19.6. The Kier molecular flexibility index (Phi) is 5.82. The van der Waals surface area contributed by atoms with Crippen molar-refractivity contribution < 1.29 is 0 Å². The van der Waals surface area contributed by atoms with Crippen LogP contribution in [-0.4, -0.2) is 79.7 Å². The molecule has 2 fully saturated rings.